The van der Waals surface area contributed by atoms with E-state index in [1.54, 1.807) is 0 Å². The summed E-state index contributed by atoms with van der Waals surface area (Å²) in [6.45, 7) is 13.7. The van der Waals surface area contributed by atoms with Crippen LogP contribution in [0.25, 0.3) is 22.0 Å². The number of benzene rings is 3. The molecule has 0 saturated heterocycles. The van der Waals surface area contributed by atoms with E-state index >= 15 is 0 Å². The van der Waals surface area contributed by atoms with Gasteiger partial charge >= 0.3 is 0 Å². The van der Waals surface area contributed by atoms with Gasteiger partial charge in [0.05, 0.1) is 23.3 Å². The van der Waals surface area contributed by atoms with Crippen molar-refractivity contribution in [2.24, 2.45) is 4.99 Å². The summed E-state index contributed by atoms with van der Waals surface area (Å²) in [7, 11) is 0. The van der Waals surface area contributed by atoms with Crippen LogP contribution in [0.5, 0.6) is 0 Å². The molecule has 3 heteroatoms. The lowest BCUT2D eigenvalue weighted by molar-refractivity contribution is 0.424. The van der Waals surface area contributed by atoms with Crippen LogP contribution in [0.3, 0.4) is 0 Å². The minimum Gasteiger partial charge on any atom is -0.308 e. The Labute approximate surface area is 197 Å². The van der Waals surface area contributed by atoms with Crippen molar-refractivity contribution in [2.75, 3.05) is 0 Å². The second-order valence-electron chi connectivity index (χ2n) is 9.88. The molecular formula is C30H33N3. The van der Waals surface area contributed by atoms with Crippen LogP contribution in [0, 0.1) is 20.8 Å². The van der Waals surface area contributed by atoms with Gasteiger partial charge in [-0.05, 0) is 81.1 Å². The summed E-state index contributed by atoms with van der Waals surface area (Å²) in [4.78, 5) is 9.82. The molecule has 0 saturated carbocycles. The summed E-state index contributed by atoms with van der Waals surface area (Å²) >= 11 is 0. The summed E-state index contributed by atoms with van der Waals surface area (Å²) < 4.78 is 0. The fourth-order valence-electron chi connectivity index (χ4n) is 4.30. The van der Waals surface area contributed by atoms with Gasteiger partial charge in [0.1, 0.15) is 0 Å². The highest BCUT2D eigenvalue weighted by Crippen LogP contribution is 2.32. The Morgan fingerprint density at radius 2 is 1.61 bits per heavy atom. The second kappa shape index (κ2) is 9.29. The third-order valence-corrected chi connectivity index (χ3v) is 5.81. The molecule has 1 aromatic heterocycles. The molecule has 4 rings (SSSR count). The zero-order chi connectivity index (χ0) is 23.6. The minimum absolute atomic E-state index is 0.0363. The van der Waals surface area contributed by atoms with Gasteiger partial charge in [0.2, 0.25) is 0 Å². The predicted octanol–water partition coefficient (Wildman–Crippen LogP) is 7.47. The molecule has 0 spiro atoms. The summed E-state index contributed by atoms with van der Waals surface area (Å²) in [6, 6.07) is 23.5. The molecule has 0 aliphatic rings. The number of nitrogens with zero attached hydrogens (tertiary/aromatic N) is 2. The van der Waals surface area contributed by atoms with Crippen molar-refractivity contribution in [1.29, 1.82) is 0 Å². The van der Waals surface area contributed by atoms with E-state index in [2.05, 4.69) is 108 Å². The van der Waals surface area contributed by atoms with Crippen molar-refractivity contribution < 1.29 is 0 Å². The van der Waals surface area contributed by atoms with Crippen LogP contribution < -0.4 is 5.32 Å². The SMILES string of the molecule is Cc1cc(C)c(/N=C\c2cccc(-c3c(CNC(C)(C)C)ccc4ccccc34)n2)c(C)c1. The van der Waals surface area contributed by atoms with E-state index in [0.717, 1.165) is 23.6 Å². The third kappa shape index (κ3) is 5.37. The number of pyridine rings is 1. The fourth-order valence-corrected chi connectivity index (χ4v) is 4.30. The smallest absolute Gasteiger partial charge is 0.0820 e. The van der Waals surface area contributed by atoms with Crippen molar-refractivity contribution in [3.8, 4) is 11.3 Å². The van der Waals surface area contributed by atoms with Crippen molar-refractivity contribution in [1.82, 2.24) is 10.3 Å². The van der Waals surface area contributed by atoms with Crippen LogP contribution in [0.1, 0.15) is 48.7 Å². The maximum Gasteiger partial charge on any atom is 0.0820 e. The van der Waals surface area contributed by atoms with E-state index in [4.69, 9.17) is 9.98 Å². The van der Waals surface area contributed by atoms with Crippen molar-refractivity contribution in [3.05, 3.63) is 94.7 Å². The van der Waals surface area contributed by atoms with E-state index in [1.807, 2.05) is 12.3 Å². The van der Waals surface area contributed by atoms with Gasteiger partial charge in [-0.15, -0.1) is 0 Å². The average Bonchev–Trinajstić information content (AvgIpc) is 2.76. The van der Waals surface area contributed by atoms with E-state index in [1.165, 1.54) is 38.6 Å². The Bertz CT molecular complexity index is 1300. The number of hydrogen-bond acceptors (Lipinski definition) is 3. The fraction of sp³-hybridized carbons (Fsp3) is 0.267. The van der Waals surface area contributed by atoms with Crippen LogP contribution in [0.4, 0.5) is 5.69 Å². The third-order valence-electron chi connectivity index (χ3n) is 5.81. The molecule has 168 valence electrons. The van der Waals surface area contributed by atoms with Crippen molar-refractivity contribution in [2.45, 2.75) is 53.6 Å². The molecule has 0 amide bonds. The average molecular weight is 436 g/mol. The quantitative estimate of drug-likeness (QED) is 0.330. The first-order valence-corrected chi connectivity index (χ1v) is 11.6. The molecule has 1 heterocycles. The van der Waals surface area contributed by atoms with Gasteiger partial charge < -0.3 is 5.32 Å². The van der Waals surface area contributed by atoms with Crippen molar-refractivity contribution >= 4 is 22.7 Å². The Morgan fingerprint density at radius 3 is 2.33 bits per heavy atom. The molecule has 0 radical (unpaired) electrons. The Hall–Kier alpha value is -3.30. The summed E-state index contributed by atoms with van der Waals surface area (Å²) in [5, 5.41) is 6.08. The van der Waals surface area contributed by atoms with Gasteiger partial charge in [-0.2, -0.15) is 0 Å². The molecule has 0 unspecified atom stereocenters. The zero-order valence-electron chi connectivity index (χ0n) is 20.5. The molecule has 0 aliphatic heterocycles. The molecule has 0 fully saturated rings. The highest BCUT2D eigenvalue weighted by atomic mass is 14.9. The number of nitrogens with one attached hydrogen (secondary N) is 1. The molecule has 0 bridgehead atoms. The highest BCUT2D eigenvalue weighted by molar-refractivity contribution is 5.98. The number of aromatic nitrogens is 1. The molecule has 3 nitrogen and oxygen atoms in total. The lowest BCUT2D eigenvalue weighted by Crippen LogP contribution is -2.35. The van der Waals surface area contributed by atoms with E-state index in [-0.39, 0.29) is 5.54 Å². The lowest BCUT2D eigenvalue weighted by Gasteiger charge is -2.22. The normalized spacial score (nSPS) is 12.1. The second-order valence-corrected chi connectivity index (χ2v) is 9.88. The molecule has 0 atom stereocenters. The van der Waals surface area contributed by atoms with Gasteiger partial charge in [-0.3, -0.25) is 4.99 Å². The zero-order valence-corrected chi connectivity index (χ0v) is 20.5. The Balaban J connectivity index is 1.77. The van der Waals surface area contributed by atoms with Crippen LogP contribution in [-0.4, -0.2) is 16.7 Å². The molecule has 4 aromatic rings. The molecule has 3 aromatic carbocycles. The number of fused-ring (bicyclic) bond motifs is 1. The van der Waals surface area contributed by atoms with Gasteiger partial charge in [-0.25, -0.2) is 4.98 Å². The van der Waals surface area contributed by atoms with Gasteiger partial charge in [0.25, 0.3) is 0 Å². The van der Waals surface area contributed by atoms with Gasteiger partial charge in [-0.1, -0.05) is 60.2 Å². The predicted molar refractivity (Wildman–Crippen MR) is 142 cm³/mol. The first kappa shape index (κ1) is 22.9. The number of aryl methyl sites for hydroxylation is 3. The summed E-state index contributed by atoms with van der Waals surface area (Å²) in [5.41, 5.74) is 8.94. The Morgan fingerprint density at radius 1 is 0.879 bits per heavy atom. The highest BCUT2D eigenvalue weighted by Gasteiger charge is 2.15. The topological polar surface area (TPSA) is 37.3 Å². The first-order chi connectivity index (χ1) is 15.7. The maximum atomic E-state index is 5.01. The van der Waals surface area contributed by atoms with Gasteiger partial charge in [0, 0.05) is 17.6 Å². The number of rotatable bonds is 5. The largest absolute Gasteiger partial charge is 0.308 e. The van der Waals surface area contributed by atoms with Crippen LogP contribution >= 0.6 is 0 Å². The first-order valence-electron chi connectivity index (χ1n) is 11.6. The summed E-state index contributed by atoms with van der Waals surface area (Å²) in [6.07, 6.45) is 1.88. The monoisotopic (exact) mass is 435 g/mol. The molecular weight excluding hydrogens is 402 g/mol. The molecule has 1 N–H and O–H groups in total. The van der Waals surface area contributed by atoms with Crippen molar-refractivity contribution in [3.63, 3.8) is 0 Å². The summed E-state index contributed by atoms with van der Waals surface area (Å²) in [5.74, 6) is 0. The standard InChI is InChI=1S/C30H33N3/c1-20-16-21(2)29(22(3)17-20)31-19-25-11-9-13-27(33-25)28-24(18-32-30(4,5)6)15-14-23-10-7-8-12-26(23)28/h7-17,19,32H,18H2,1-6H3/b31-19-. The maximum absolute atomic E-state index is 5.01. The number of hydrogen-bond donors (Lipinski definition) is 1. The van der Waals surface area contributed by atoms with Crippen LogP contribution in [0.2, 0.25) is 0 Å². The molecule has 33 heavy (non-hydrogen) atoms. The van der Waals surface area contributed by atoms with E-state index < -0.39 is 0 Å². The molecule has 0 aliphatic carbocycles. The van der Waals surface area contributed by atoms with E-state index in [0.29, 0.717) is 0 Å². The number of aliphatic imine (C=N–C) groups is 1. The lowest BCUT2D eigenvalue weighted by atomic mass is 9.95. The van der Waals surface area contributed by atoms with Crippen LogP contribution in [0.15, 0.2) is 71.7 Å². The van der Waals surface area contributed by atoms with Gasteiger partial charge in [0.15, 0.2) is 0 Å². The van der Waals surface area contributed by atoms with Crippen LogP contribution in [-0.2, 0) is 6.54 Å². The van der Waals surface area contributed by atoms with E-state index in [9.17, 15) is 0 Å². The Kier molecular flexibility index (Phi) is 6.44. The minimum atomic E-state index is 0.0363.